The van der Waals surface area contributed by atoms with Crippen LogP contribution in [0.2, 0.25) is 0 Å². The zero-order chi connectivity index (χ0) is 10.3. The fraction of sp³-hybridized carbons (Fsp3) is 0.400. The third-order valence-electron chi connectivity index (χ3n) is 1.30. The molecule has 1 aromatic carbocycles. The molecule has 0 bridgehead atoms. The first kappa shape index (κ1) is 11.9. The van der Waals surface area contributed by atoms with Crippen LogP contribution in [0.25, 0.3) is 0 Å². The molecule has 13 heavy (non-hydrogen) atoms. The van der Waals surface area contributed by atoms with Crippen LogP contribution in [0.3, 0.4) is 0 Å². The Morgan fingerprint density at radius 3 is 1.85 bits per heavy atom. The average molecular weight is 184 g/mol. The summed E-state index contributed by atoms with van der Waals surface area (Å²) in [5.41, 5.74) is 1.17. The Labute approximate surface area is 78.3 Å². The minimum absolute atomic E-state index is 0.139. The van der Waals surface area contributed by atoms with Gasteiger partial charge in [-0.25, -0.2) is 0 Å². The Morgan fingerprint density at radius 1 is 1.23 bits per heavy atom. The average Bonchev–Trinajstić information content (AvgIpc) is 2.11. The third-order valence-corrected chi connectivity index (χ3v) is 1.30. The maximum atomic E-state index is 8.76. The summed E-state index contributed by atoms with van der Waals surface area (Å²) in [7, 11) is 0. The van der Waals surface area contributed by atoms with Crippen molar-refractivity contribution in [2.24, 2.45) is 0 Å². The van der Waals surface area contributed by atoms with Crippen molar-refractivity contribution in [1.29, 1.82) is 0 Å². The maximum Gasteiger partial charge on any atom is 0.115 e. The number of benzene rings is 1. The lowest BCUT2D eigenvalue weighted by molar-refractivity contribution is 0.110. The van der Waals surface area contributed by atoms with Gasteiger partial charge in [0.25, 0.3) is 0 Å². The van der Waals surface area contributed by atoms with Gasteiger partial charge in [-0.15, -0.1) is 0 Å². The lowest BCUT2D eigenvalue weighted by Crippen LogP contribution is -2.03. The smallest absolute Gasteiger partial charge is 0.115 e. The van der Waals surface area contributed by atoms with Crippen molar-refractivity contribution in [2.45, 2.75) is 20.0 Å². The number of rotatable bonds is 1. The normalized spacial score (nSPS) is 11.4. The topological polar surface area (TPSA) is 60.7 Å². The molecule has 1 unspecified atom stereocenters. The van der Waals surface area contributed by atoms with Gasteiger partial charge in [-0.05, 0) is 26.0 Å². The van der Waals surface area contributed by atoms with Crippen molar-refractivity contribution < 1.29 is 15.3 Å². The van der Waals surface area contributed by atoms with E-state index in [1.165, 1.54) is 12.5 Å². The highest BCUT2D eigenvalue weighted by molar-refractivity contribution is 5.24. The van der Waals surface area contributed by atoms with Crippen molar-refractivity contribution in [1.82, 2.24) is 0 Å². The lowest BCUT2D eigenvalue weighted by Gasteiger charge is -1.90. The van der Waals surface area contributed by atoms with Crippen LogP contribution in [0.4, 0.5) is 0 Å². The second-order valence-electron chi connectivity index (χ2n) is 2.87. The molecule has 0 aliphatic heterocycles. The van der Waals surface area contributed by atoms with Crippen LogP contribution in [0, 0.1) is 6.92 Å². The van der Waals surface area contributed by atoms with E-state index in [1.54, 1.807) is 12.1 Å². The first-order valence-electron chi connectivity index (χ1n) is 4.10. The van der Waals surface area contributed by atoms with Crippen molar-refractivity contribution in [3.8, 4) is 5.75 Å². The summed E-state index contributed by atoms with van der Waals surface area (Å²) in [4.78, 5) is 0. The molecule has 1 atom stereocenters. The number of aliphatic hydroxyl groups is 2. The minimum atomic E-state index is -0.560. The highest BCUT2D eigenvalue weighted by Gasteiger charge is 1.83. The van der Waals surface area contributed by atoms with E-state index in [9.17, 15) is 0 Å². The van der Waals surface area contributed by atoms with Gasteiger partial charge in [0, 0.05) is 0 Å². The summed E-state index contributed by atoms with van der Waals surface area (Å²) in [6.07, 6.45) is -0.560. The fourth-order valence-corrected chi connectivity index (χ4v) is 0.545. The van der Waals surface area contributed by atoms with Crippen LogP contribution in [-0.4, -0.2) is 28.0 Å². The number of hydrogen-bond donors (Lipinski definition) is 3. The highest BCUT2D eigenvalue weighted by atomic mass is 16.3. The van der Waals surface area contributed by atoms with Crippen LogP contribution >= 0.6 is 0 Å². The molecule has 0 fully saturated rings. The summed E-state index contributed by atoms with van der Waals surface area (Å²) in [6, 6.07) is 7.09. The molecule has 1 rings (SSSR count). The van der Waals surface area contributed by atoms with Crippen LogP contribution in [0.15, 0.2) is 24.3 Å². The van der Waals surface area contributed by atoms with E-state index in [1.807, 2.05) is 19.1 Å². The summed E-state index contributed by atoms with van der Waals surface area (Å²) in [5, 5.41) is 24.8. The van der Waals surface area contributed by atoms with E-state index >= 15 is 0 Å². The summed E-state index contributed by atoms with van der Waals surface area (Å²) >= 11 is 0. The molecule has 0 aliphatic rings. The lowest BCUT2D eigenvalue weighted by atomic mass is 10.2. The number of phenolic OH excluding ortho intramolecular Hbond substituents is 1. The molecule has 0 saturated heterocycles. The zero-order valence-electron chi connectivity index (χ0n) is 7.94. The first-order chi connectivity index (χ1) is 6.06. The molecule has 0 radical (unpaired) electrons. The van der Waals surface area contributed by atoms with Crippen molar-refractivity contribution in [3.63, 3.8) is 0 Å². The van der Waals surface area contributed by atoms with Gasteiger partial charge in [-0.1, -0.05) is 17.7 Å². The maximum absolute atomic E-state index is 8.76. The molecular formula is C10H16O3. The van der Waals surface area contributed by atoms with Gasteiger partial charge in [0.2, 0.25) is 0 Å². The molecule has 3 nitrogen and oxygen atoms in total. The van der Waals surface area contributed by atoms with E-state index < -0.39 is 6.10 Å². The Balaban J connectivity index is 0.000000252. The van der Waals surface area contributed by atoms with Crippen molar-refractivity contribution >= 4 is 0 Å². The van der Waals surface area contributed by atoms with Gasteiger partial charge < -0.3 is 15.3 Å². The predicted molar refractivity (Wildman–Crippen MR) is 51.6 cm³/mol. The molecule has 1 aromatic rings. The standard InChI is InChI=1S/C7H8O.C3H8O2/c1-6-2-4-7(8)5-3-6;1-3(5)2-4/h2-5,8H,1H3;3-5H,2H2,1H3. The second kappa shape index (κ2) is 6.46. The van der Waals surface area contributed by atoms with E-state index in [4.69, 9.17) is 15.3 Å². The minimum Gasteiger partial charge on any atom is -0.508 e. The summed E-state index contributed by atoms with van der Waals surface area (Å²) < 4.78 is 0. The second-order valence-corrected chi connectivity index (χ2v) is 2.87. The number of aliphatic hydroxyl groups excluding tert-OH is 2. The number of phenols is 1. The Kier molecular flexibility index (Phi) is 5.93. The van der Waals surface area contributed by atoms with Gasteiger partial charge in [0.1, 0.15) is 5.75 Å². The molecule has 0 heterocycles. The van der Waals surface area contributed by atoms with Crippen molar-refractivity contribution in [2.75, 3.05) is 6.61 Å². The third kappa shape index (κ3) is 7.31. The molecular weight excluding hydrogens is 168 g/mol. The van der Waals surface area contributed by atoms with Crippen LogP contribution in [0.1, 0.15) is 12.5 Å². The zero-order valence-corrected chi connectivity index (χ0v) is 7.94. The summed E-state index contributed by atoms with van der Waals surface area (Å²) in [5.74, 6) is 0.329. The monoisotopic (exact) mass is 184 g/mol. The fourth-order valence-electron chi connectivity index (χ4n) is 0.545. The molecule has 0 aliphatic carbocycles. The SMILES string of the molecule is CC(O)CO.Cc1ccc(O)cc1. The van der Waals surface area contributed by atoms with Crippen LogP contribution in [0.5, 0.6) is 5.75 Å². The van der Waals surface area contributed by atoms with Gasteiger partial charge in [-0.3, -0.25) is 0 Å². The Hall–Kier alpha value is -1.06. The van der Waals surface area contributed by atoms with E-state index in [0.717, 1.165) is 0 Å². The molecule has 0 aromatic heterocycles. The molecule has 3 N–H and O–H groups in total. The van der Waals surface area contributed by atoms with E-state index in [2.05, 4.69) is 0 Å². The van der Waals surface area contributed by atoms with Crippen LogP contribution in [-0.2, 0) is 0 Å². The number of hydrogen-bond acceptors (Lipinski definition) is 3. The largest absolute Gasteiger partial charge is 0.508 e. The van der Waals surface area contributed by atoms with Crippen LogP contribution < -0.4 is 0 Å². The van der Waals surface area contributed by atoms with Gasteiger partial charge in [0.05, 0.1) is 12.7 Å². The van der Waals surface area contributed by atoms with E-state index in [0.29, 0.717) is 5.75 Å². The predicted octanol–water partition coefficient (Wildman–Crippen LogP) is 1.06. The first-order valence-corrected chi connectivity index (χ1v) is 4.10. The highest BCUT2D eigenvalue weighted by Crippen LogP contribution is 2.07. The molecule has 0 saturated carbocycles. The summed E-state index contributed by atoms with van der Waals surface area (Å²) in [6.45, 7) is 3.37. The van der Waals surface area contributed by atoms with E-state index in [-0.39, 0.29) is 6.61 Å². The van der Waals surface area contributed by atoms with Gasteiger partial charge in [-0.2, -0.15) is 0 Å². The molecule has 3 heteroatoms. The molecule has 74 valence electrons. The van der Waals surface area contributed by atoms with Crippen molar-refractivity contribution in [3.05, 3.63) is 29.8 Å². The molecule has 0 amide bonds. The quantitative estimate of drug-likeness (QED) is 0.611. The Bertz CT molecular complexity index is 195. The molecule has 0 spiro atoms. The number of aromatic hydroxyl groups is 1. The Morgan fingerprint density at radius 2 is 1.62 bits per heavy atom. The number of aryl methyl sites for hydroxylation is 1. The van der Waals surface area contributed by atoms with Gasteiger partial charge in [0.15, 0.2) is 0 Å². The van der Waals surface area contributed by atoms with Gasteiger partial charge >= 0.3 is 0 Å².